The second-order valence-electron chi connectivity index (χ2n) is 8.81. The first-order chi connectivity index (χ1) is 11.5. The van der Waals surface area contributed by atoms with Crippen molar-refractivity contribution in [1.29, 1.82) is 0 Å². The predicted molar refractivity (Wildman–Crippen MR) is 100 cm³/mol. The number of aryl methyl sites for hydroxylation is 1. The van der Waals surface area contributed by atoms with E-state index in [0.717, 1.165) is 43.5 Å². The maximum atomic E-state index is 6.04. The molecule has 0 aromatic carbocycles. The molecule has 0 saturated carbocycles. The average Bonchev–Trinajstić information content (AvgIpc) is 2.43. The summed E-state index contributed by atoms with van der Waals surface area (Å²) in [4.78, 5) is 14.1. The minimum atomic E-state index is -0.193. The lowest BCUT2D eigenvalue weighted by molar-refractivity contribution is -0.0754. The molecule has 0 N–H and O–H groups in total. The van der Waals surface area contributed by atoms with E-state index in [2.05, 4.69) is 63.2 Å². The Bertz CT molecular complexity index is 632. The molecule has 6 heteroatoms. The summed E-state index contributed by atoms with van der Waals surface area (Å²) in [5, 5.41) is 0. The molecular formula is C19H32N4O2. The summed E-state index contributed by atoms with van der Waals surface area (Å²) in [5.74, 6) is 1.81. The highest BCUT2D eigenvalue weighted by Gasteiger charge is 2.35. The van der Waals surface area contributed by atoms with Gasteiger partial charge in [0.1, 0.15) is 5.82 Å². The Morgan fingerprint density at radius 1 is 0.960 bits per heavy atom. The normalized spacial score (nSPS) is 28.9. The Morgan fingerprint density at radius 3 is 2.04 bits per heavy atom. The molecule has 0 radical (unpaired) electrons. The van der Waals surface area contributed by atoms with Gasteiger partial charge in [-0.1, -0.05) is 0 Å². The van der Waals surface area contributed by atoms with E-state index in [9.17, 15) is 0 Å². The van der Waals surface area contributed by atoms with E-state index in [-0.39, 0.29) is 23.4 Å². The molecule has 2 fully saturated rings. The first-order valence-corrected chi connectivity index (χ1v) is 9.24. The quantitative estimate of drug-likeness (QED) is 0.819. The molecule has 2 unspecified atom stereocenters. The zero-order chi connectivity index (χ0) is 18.4. The monoisotopic (exact) mass is 348 g/mol. The lowest BCUT2D eigenvalue weighted by atomic mass is 10.1. The third-order valence-corrected chi connectivity index (χ3v) is 4.65. The first-order valence-electron chi connectivity index (χ1n) is 9.24. The van der Waals surface area contributed by atoms with E-state index in [0.29, 0.717) is 0 Å². The van der Waals surface area contributed by atoms with Crippen LogP contribution in [0.15, 0.2) is 6.20 Å². The number of hydrogen-bond acceptors (Lipinski definition) is 6. The topological polar surface area (TPSA) is 50.7 Å². The van der Waals surface area contributed by atoms with Crippen molar-refractivity contribution in [3.8, 4) is 0 Å². The summed E-state index contributed by atoms with van der Waals surface area (Å²) in [6.45, 7) is 18.1. The predicted octanol–water partition coefficient (Wildman–Crippen LogP) is 2.79. The number of morpholine rings is 2. The summed E-state index contributed by atoms with van der Waals surface area (Å²) in [7, 11) is 0. The van der Waals surface area contributed by atoms with Crippen molar-refractivity contribution in [2.24, 2.45) is 0 Å². The fourth-order valence-electron chi connectivity index (χ4n) is 4.12. The van der Waals surface area contributed by atoms with Gasteiger partial charge in [-0.2, -0.15) is 4.98 Å². The summed E-state index contributed by atoms with van der Waals surface area (Å²) < 4.78 is 12.1. The number of rotatable bonds is 2. The van der Waals surface area contributed by atoms with Gasteiger partial charge in [-0.05, 0) is 48.5 Å². The fraction of sp³-hybridized carbons (Fsp3) is 0.789. The van der Waals surface area contributed by atoms with Gasteiger partial charge in [0.05, 0.1) is 23.4 Å². The molecule has 3 rings (SSSR count). The Hall–Kier alpha value is -1.40. The standard InChI is InChI=1S/C19H32N4O2/c1-13-8-20-17(23-10-15(3)25-19(6,7)12-23)21-16(13)22-9-14(2)24-18(4,5)11-22/h8,14-15H,9-12H2,1-7H3. The van der Waals surface area contributed by atoms with E-state index in [1.54, 1.807) is 0 Å². The number of aromatic nitrogens is 2. The zero-order valence-electron chi connectivity index (χ0n) is 16.7. The molecule has 3 heterocycles. The minimum absolute atomic E-state index is 0.166. The molecular weight excluding hydrogens is 316 g/mol. The number of anilines is 2. The van der Waals surface area contributed by atoms with Crippen LogP contribution in [0.4, 0.5) is 11.8 Å². The molecule has 0 spiro atoms. The van der Waals surface area contributed by atoms with E-state index >= 15 is 0 Å². The van der Waals surface area contributed by atoms with Crippen molar-refractivity contribution in [2.75, 3.05) is 36.0 Å². The molecule has 2 aliphatic rings. The summed E-state index contributed by atoms with van der Waals surface area (Å²) >= 11 is 0. The minimum Gasteiger partial charge on any atom is -0.369 e. The molecule has 2 atom stereocenters. The first kappa shape index (κ1) is 18.4. The van der Waals surface area contributed by atoms with Gasteiger partial charge < -0.3 is 19.3 Å². The Morgan fingerprint density at radius 2 is 1.48 bits per heavy atom. The van der Waals surface area contributed by atoms with Crippen LogP contribution in [0.25, 0.3) is 0 Å². The Labute approximate surface area is 151 Å². The van der Waals surface area contributed by atoms with E-state index in [1.807, 2.05) is 6.20 Å². The second kappa shape index (κ2) is 6.40. The number of ether oxygens (including phenoxy) is 2. The van der Waals surface area contributed by atoms with Crippen molar-refractivity contribution in [2.45, 2.75) is 71.9 Å². The Balaban J connectivity index is 1.88. The van der Waals surface area contributed by atoms with Crippen molar-refractivity contribution >= 4 is 11.8 Å². The molecule has 1 aromatic heterocycles. The lowest BCUT2D eigenvalue weighted by Crippen LogP contribution is -2.53. The van der Waals surface area contributed by atoms with Crippen LogP contribution in [0.1, 0.15) is 47.1 Å². The third kappa shape index (κ3) is 4.23. The van der Waals surface area contributed by atoms with Crippen LogP contribution in [0, 0.1) is 6.92 Å². The highest BCUT2D eigenvalue weighted by molar-refractivity contribution is 5.51. The van der Waals surface area contributed by atoms with Gasteiger partial charge >= 0.3 is 0 Å². The van der Waals surface area contributed by atoms with Crippen LogP contribution < -0.4 is 9.80 Å². The molecule has 2 saturated heterocycles. The summed E-state index contributed by atoms with van der Waals surface area (Å²) in [6.07, 6.45) is 2.29. The number of hydrogen-bond donors (Lipinski definition) is 0. The highest BCUT2D eigenvalue weighted by atomic mass is 16.5. The van der Waals surface area contributed by atoms with Crippen molar-refractivity contribution < 1.29 is 9.47 Å². The van der Waals surface area contributed by atoms with Crippen molar-refractivity contribution in [3.05, 3.63) is 11.8 Å². The van der Waals surface area contributed by atoms with Gasteiger partial charge in [0.15, 0.2) is 0 Å². The molecule has 1 aromatic rings. The van der Waals surface area contributed by atoms with Crippen LogP contribution in [0.5, 0.6) is 0 Å². The summed E-state index contributed by atoms with van der Waals surface area (Å²) in [5.41, 5.74) is 0.737. The molecule has 2 aliphatic heterocycles. The van der Waals surface area contributed by atoms with Gasteiger partial charge in [0.2, 0.25) is 5.95 Å². The molecule has 0 aliphatic carbocycles. The Kier molecular flexibility index (Phi) is 4.71. The smallest absolute Gasteiger partial charge is 0.227 e. The molecule has 25 heavy (non-hydrogen) atoms. The molecule has 140 valence electrons. The van der Waals surface area contributed by atoms with Gasteiger partial charge in [-0.25, -0.2) is 4.98 Å². The van der Waals surface area contributed by atoms with Gasteiger partial charge in [-0.3, -0.25) is 0 Å². The van der Waals surface area contributed by atoms with Gasteiger partial charge in [0, 0.05) is 37.9 Å². The maximum absolute atomic E-state index is 6.04. The molecule has 0 bridgehead atoms. The zero-order valence-corrected chi connectivity index (χ0v) is 16.7. The lowest BCUT2D eigenvalue weighted by Gasteiger charge is -2.43. The SMILES string of the molecule is Cc1cnc(N2CC(C)OC(C)(C)C2)nc1N1CC(C)OC(C)(C)C1. The van der Waals surface area contributed by atoms with Crippen LogP contribution in [-0.2, 0) is 9.47 Å². The van der Waals surface area contributed by atoms with E-state index in [4.69, 9.17) is 14.5 Å². The van der Waals surface area contributed by atoms with Gasteiger partial charge in [0.25, 0.3) is 0 Å². The maximum Gasteiger partial charge on any atom is 0.227 e. The van der Waals surface area contributed by atoms with E-state index in [1.165, 1.54) is 0 Å². The number of nitrogens with zero attached hydrogens (tertiary/aromatic N) is 4. The molecule has 0 amide bonds. The molecule has 6 nitrogen and oxygen atoms in total. The van der Waals surface area contributed by atoms with Crippen molar-refractivity contribution in [1.82, 2.24) is 9.97 Å². The second-order valence-corrected chi connectivity index (χ2v) is 8.81. The highest BCUT2D eigenvalue weighted by Crippen LogP contribution is 2.29. The summed E-state index contributed by atoms with van der Waals surface area (Å²) in [6, 6.07) is 0. The average molecular weight is 348 g/mol. The third-order valence-electron chi connectivity index (χ3n) is 4.65. The van der Waals surface area contributed by atoms with Crippen LogP contribution >= 0.6 is 0 Å². The van der Waals surface area contributed by atoms with Crippen LogP contribution in [0.2, 0.25) is 0 Å². The van der Waals surface area contributed by atoms with E-state index < -0.39 is 0 Å². The van der Waals surface area contributed by atoms with Crippen LogP contribution in [-0.4, -0.2) is 59.6 Å². The fourth-order valence-corrected chi connectivity index (χ4v) is 4.12. The van der Waals surface area contributed by atoms with Gasteiger partial charge in [-0.15, -0.1) is 0 Å². The largest absolute Gasteiger partial charge is 0.369 e. The van der Waals surface area contributed by atoms with Crippen molar-refractivity contribution in [3.63, 3.8) is 0 Å². The van der Waals surface area contributed by atoms with Crippen LogP contribution in [0.3, 0.4) is 0 Å².